The van der Waals surface area contributed by atoms with Gasteiger partial charge in [0.2, 0.25) is 0 Å². The zero-order chi connectivity index (χ0) is 13.2. The van der Waals surface area contributed by atoms with Gasteiger partial charge in [0.05, 0.1) is 6.42 Å². The summed E-state index contributed by atoms with van der Waals surface area (Å²) in [4.78, 5) is 22.1. The Hall–Kier alpha value is -2.04. The zero-order valence-corrected chi connectivity index (χ0v) is 10.2. The summed E-state index contributed by atoms with van der Waals surface area (Å²) in [6.07, 6.45) is 2.01. The molecular weight excluding hydrogens is 232 g/mol. The van der Waals surface area contributed by atoms with Gasteiger partial charge in [0.25, 0.3) is 0 Å². The van der Waals surface area contributed by atoms with E-state index >= 15 is 0 Å². The first-order valence-corrected chi connectivity index (χ1v) is 5.87. The minimum Gasteiger partial charge on any atom is -0.481 e. The molecule has 1 aliphatic rings. The molecule has 5 nitrogen and oxygen atoms in total. The molecule has 0 aromatic heterocycles. The molecule has 0 heterocycles. The maximum Gasteiger partial charge on any atom is 0.319 e. The van der Waals surface area contributed by atoms with Gasteiger partial charge in [-0.1, -0.05) is 12.1 Å². The number of benzene rings is 1. The van der Waals surface area contributed by atoms with Crippen molar-refractivity contribution in [2.75, 3.05) is 5.32 Å². The lowest BCUT2D eigenvalue weighted by Gasteiger charge is -2.12. The molecule has 0 atom stereocenters. The minimum atomic E-state index is -0.866. The maximum atomic E-state index is 11.6. The Morgan fingerprint density at radius 2 is 1.89 bits per heavy atom. The minimum absolute atomic E-state index is 0.00938. The fourth-order valence-electron chi connectivity index (χ4n) is 1.63. The van der Waals surface area contributed by atoms with Gasteiger partial charge in [0.15, 0.2) is 0 Å². The lowest BCUT2D eigenvalue weighted by Crippen LogP contribution is -2.37. The van der Waals surface area contributed by atoms with Crippen LogP contribution in [0.3, 0.4) is 0 Å². The Balaban J connectivity index is 1.89. The molecule has 2 rings (SSSR count). The van der Waals surface area contributed by atoms with E-state index in [0.717, 1.165) is 12.8 Å². The number of carboxylic acid groups (broad SMARTS) is 1. The first-order valence-electron chi connectivity index (χ1n) is 5.87. The van der Waals surface area contributed by atoms with E-state index in [4.69, 9.17) is 5.11 Å². The van der Waals surface area contributed by atoms with Crippen LogP contribution < -0.4 is 10.6 Å². The summed E-state index contributed by atoms with van der Waals surface area (Å²) in [5.74, 6) is -0.866. The van der Waals surface area contributed by atoms with Crippen LogP contribution in [-0.2, 0) is 11.2 Å². The van der Waals surface area contributed by atoms with Crippen molar-refractivity contribution in [3.63, 3.8) is 0 Å². The molecule has 1 aromatic carbocycles. The number of carboxylic acids is 1. The van der Waals surface area contributed by atoms with Crippen LogP contribution in [0.2, 0.25) is 0 Å². The number of rotatable bonds is 4. The third-order valence-corrected chi connectivity index (χ3v) is 2.98. The molecule has 1 fully saturated rings. The molecule has 96 valence electrons. The third kappa shape index (κ3) is 3.48. The standard InChI is InChI=1S/C13H16N2O3/c1-13(6-7-13)15-12(18)14-10-4-2-9(3-5-10)8-11(16)17/h2-5H,6-8H2,1H3,(H,16,17)(H2,14,15,18). The number of carbonyl (C=O) groups excluding carboxylic acids is 1. The number of anilines is 1. The van der Waals surface area contributed by atoms with E-state index in [0.29, 0.717) is 11.3 Å². The van der Waals surface area contributed by atoms with E-state index in [-0.39, 0.29) is 18.0 Å². The van der Waals surface area contributed by atoms with Gasteiger partial charge in [0, 0.05) is 11.2 Å². The molecule has 1 saturated carbocycles. The Bertz CT molecular complexity index is 464. The summed E-state index contributed by atoms with van der Waals surface area (Å²) in [6.45, 7) is 2.00. The lowest BCUT2D eigenvalue weighted by molar-refractivity contribution is -0.136. The van der Waals surface area contributed by atoms with E-state index < -0.39 is 5.97 Å². The SMILES string of the molecule is CC1(NC(=O)Nc2ccc(CC(=O)O)cc2)CC1. The molecule has 2 amide bonds. The molecule has 1 aliphatic carbocycles. The Morgan fingerprint density at radius 1 is 1.28 bits per heavy atom. The van der Waals surface area contributed by atoms with Gasteiger partial charge < -0.3 is 15.7 Å². The zero-order valence-electron chi connectivity index (χ0n) is 10.2. The summed E-state index contributed by atoms with van der Waals surface area (Å²) in [5, 5.41) is 14.2. The number of hydrogen-bond acceptors (Lipinski definition) is 2. The molecule has 0 spiro atoms. The van der Waals surface area contributed by atoms with Crippen LogP contribution in [0.5, 0.6) is 0 Å². The van der Waals surface area contributed by atoms with E-state index in [2.05, 4.69) is 10.6 Å². The van der Waals surface area contributed by atoms with Crippen molar-refractivity contribution < 1.29 is 14.7 Å². The lowest BCUT2D eigenvalue weighted by atomic mass is 10.1. The number of hydrogen-bond donors (Lipinski definition) is 3. The van der Waals surface area contributed by atoms with E-state index in [1.807, 2.05) is 6.92 Å². The highest BCUT2D eigenvalue weighted by atomic mass is 16.4. The number of urea groups is 1. The molecule has 0 aliphatic heterocycles. The summed E-state index contributed by atoms with van der Waals surface area (Å²) >= 11 is 0. The van der Waals surface area contributed by atoms with Crippen LogP contribution in [0, 0.1) is 0 Å². The van der Waals surface area contributed by atoms with Crippen LogP contribution in [-0.4, -0.2) is 22.6 Å². The largest absolute Gasteiger partial charge is 0.481 e. The molecular formula is C13H16N2O3. The molecule has 0 saturated heterocycles. The van der Waals surface area contributed by atoms with Crippen molar-refractivity contribution in [2.45, 2.75) is 31.7 Å². The maximum absolute atomic E-state index is 11.6. The second-order valence-electron chi connectivity index (χ2n) is 4.91. The van der Waals surface area contributed by atoms with Crippen LogP contribution in [0.25, 0.3) is 0 Å². The van der Waals surface area contributed by atoms with E-state index in [1.165, 1.54) is 0 Å². The average Bonchev–Trinajstić information content (AvgIpc) is 2.98. The molecule has 18 heavy (non-hydrogen) atoms. The van der Waals surface area contributed by atoms with Crippen molar-refractivity contribution in [3.8, 4) is 0 Å². The van der Waals surface area contributed by atoms with Gasteiger partial charge in [-0.3, -0.25) is 4.79 Å². The summed E-state index contributed by atoms with van der Waals surface area (Å²) < 4.78 is 0. The molecule has 3 N–H and O–H groups in total. The average molecular weight is 248 g/mol. The number of nitrogens with one attached hydrogen (secondary N) is 2. The van der Waals surface area contributed by atoms with Crippen LogP contribution in [0.15, 0.2) is 24.3 Å². The Kier molecular flexibility index (Phi) is 3.23. The quantitative estimate of drug-likeness (QED) is 0.762. The van der Waals surface area contributed by atoms with Gasteiger partial charge in [-0.2, -0.15) is 0 Å². The smallest absolute Gasteiger partial charge is 0.319 e. The van der Waals surface area contributed by atoms with Gasteiger partial charge in [-0.05, 0) is 37.5 Å². The summed E-state index contributed by atoms with van der Waals surface area (Å²) in [7, 11) is 0. The van der Waals surface area contributed by atoms with Crippen molar-refractivity contribution in [1.82, 2.24) is 5.32 Å². The van der Waals surface area contributed by atoms with E-state index in [1.54, 1.807) is 24.3 Å². The van der Waals surface area contributed by atoms with Crippen molar-refractivity contribution in [2.24, 2.45) is 0 Å². The second kappa shape index (κ2) is 4.68. The third-order valence-electron chi connectivity index (χ3n) is 2.98. The number of aliphatic carboxylic acids is 1. The first-order chi connectivity index (χ1) is 8.47. The van der Waals surface area contributed by atoms with Gasteiger partial charge >= 0.3 is 12.0 Å². The predicted octanol–water partition coefficient (Wildman–Crippen LogP) is 1.99. The topological polar surface area (TPSA) is 78.4 Å². The summed E-state index contributed by atoms with van der Waals surface area (Å²) in [5.41, 5.74) is 1.32. The molecule has 0 bridgehead atoms. The number of carbonyl (C=O) groups is 2. The summed E-state index contributed by atoms with van der Waals surface area (Å²) in [6, 6.07) is 6.58. The van der Waals surface area contributed by atoms with Gasteiger partial charge in [0.1, 0.15) is 0 Å². The second-order valence-corrected chi connectivity index (χ2v) is 4.91. The Labute approximate surface area is 105 Å². The molecule has 0 radical (unpaired) electrons. The number of amides is 2. The fraction of sp³-hybridized carbons (Fsp3) is 0.385. The molecule has 0 unspecified atom stereocenters. The van der Waals surface area contributed by atoms with Crippen molar-refractivity contribution >= 4 is 17.7 Å². The highest BCUT2D eigenvalue weighted by Gasteiger charge is 2.38. The molecule has 5 heteroatoms. The fourth-order valence-corrected chi connectivity index (χ4v) is 1.63. The predicted molar refractivity (Wildman–Crippen MR) is 67.6 cm³/mol. The normalized spacial score (nSPS) is 15.8. The van der Waals surface area contributed by atoms with Crippen LogP contribution in [0.1, 0.15) is 25.3 Å². The van der Waals surface area contributed by atoms with Crippen molar-refractivity contribution in [3.05, 3.63) is 29.8 Å². The monoisotopic (exact) mass is 248 g/mol. The highest BCUT2D eigenvalue weighted by molar-refractivity contribution is 5.90. The van der Waals surface area contributed by atoms with Gasteiger partial charge in [-0.15, -0.1) is 0 Å². The van der Waals surface area contributed by atoms with Crippen LogP contribution in [0.4, 0.5) is 10.5 Å². The van der Waals surface area contributed by atoms with Gasteiger partial charge in [-0.25, -0.2) is 4.79 Å². The van der Waals surface area contributed by atoms with Crippen LogP contribution >= 0.6 is 0 Å². The highest BCUT2D eigenvalue weighted by Crippen LogP contribution is 2.34. The first kappa shape index (κ1) is 12.4. The van der Waals surface area contributed by atoms with Crippen molar-refractivity contribution in [1.29, 1.82) is 0 Å². The van der Waals surface area contributed by atoms with E-state index in [9.17, 15) is 9.59 Å². The molecule has 1 aromatic rings. The Morgan fingerprint density at radius 3 is 2.39 bits per heavy atom.